The Labute approximate surface area is 124 Å². The lowest BCUT2D eigenvalue weighted by atomic mass is 10.1. The lowest BCUT2D eigenvalue weighted by molar-refractivity contribution is 0.0596. The van der Waals surface area contributed by atoms with E-state index >= 15 is 0 Å². The summed E-state index contributed by atoms with van der Waals surface area (Å²) in [6.07, 6.45) is 5.21. The molecule has 2 heterocycles. The first-order chi connectivity index (χ1) is 9.81. The van der Waals surface area contributed by atoms with Gasteiger partial charge in [0.05, 0.1) is 6.61 Å². The van der Waals surface area contributed by atoms with Crippen LogP contribution < -0.4 is 5.32 Å². The fraction of sp³-hybridized carbons (Fsp3) is 1.00. The van der Waals surface area contributed by atoms with Crippen molar-refractivity contribution < 1.29 is 4.74 Å². The van der Waals surface area contributed by atoms with Gasteiger partial charge in [-0.2, -0.15) is 0 Å². The second kappa shape index (κ2) is 8.98. The van der Waals surface area contributed by atoms with Crippen LogP contribution in [0.25, 0.3) is 0 Å². The highest BCUT2D eigenvalue weighted by atomic mass is 16.5. The van der Waals surface area contributed by atoms with Crippen LogP contribution in [0, 0.1) is 0 Å². The molecule has 2 saturated heterocycles. The molecule has 118 valence electrons. The van der Waals surface area contributed by atoms with E-state index in [2.05, 4.69) is 29.0 Å². The summed E-state index contributed by atoms with van der Waals surface area (Å²) >= 11 is 0. The third-order valence-electron chi connectivity index (χ3n) is 4.71. The molecule has 2 fully saturated rings. The number of unbranched alkanes of at least 4 members (excludes halogenated alkanes) is 1. The van der Waals surface area contributed by atoms with Gasteiger partial charge in [0.2, 0.25) is 0 Å². The van der Waals surface area contributed by atoms with Crippen LogP contribution in [0.1, 0.15) is 39.5 Å². The summed E-state index contributed by atoms with van der Waals surface area (Å²) in [5.41, 5.74) is 0. The molecule has 0 bridgehead atoms. The Kier molecular flexibility index (Phi) is 7.28. The van der Waals surface area contributed by atoms with Gasteiger partial charge in [-0.3, -0.25) is 9.80 Å². The summed E-state index contributed by atoms with van der Waals surface area (Å²) in [6.45, 7) is 13.5. The number of hydrogen-bond donors (Lipinski definition) is 1. The Morgan fingerprint density at radius 3 is 2.95 bits per heavy atom. The highest BCUT2D eigenvalue weighted by Gasteiger charge is 2.33. The number of nitrogens with one attached hydrogen (secondary N) is 1. The topological polar surface area (TPSA) is 27.7 Å². The van der Waals surface area contributed by atoms with Crippen LogP contribution in [-0.2, 0) is 4.74 Å². The summed E-state index contributed by atoms with van der Waals surface area (Å²) in [5.74, 6) is 0. The molecule has 0 aromatic rings. The lowest BCUT2D eigenvalue weighted by Crippen LogP contribution is -2.56. The first-order valence-electron chi connectivity index (χ1n) is 8.57. The van der Waals surface area contributed by atoms with E-state index in [9.17, 15) is 0 Å². The standard InChI is InChI=1S/C16H33N3O/c1-3-4-11-20-12-8-17-7-10-18-14-16-6-5-9-19(16)13-15(18)2/h15-17H,3-14H2,1-2H3. The fourth-order valence-corrected chi connectivity index (χ4v) is 3.40. The van der Waals surface area contributed by atoms with Gasteiger partial charge in [-0.25, -0.2) is 0 Å². The van der Waals surface area contributed by atoms with Crippen molar-refractivity contribution in [3.8, 4) is 0 Å². The molecule has 0 aromatic carbocycles. The van der Waals surface area contributed by atoms with Crippen LogP contribution in [0.5, 0.6) is 0 Å². The maximum absolute atomic E-state index is 5.56. The Morgan fingerprint density at radius 2 is 2.10 bits per heavy atom. The van der Waals surface area contributed by atoms with E-state index in [1.54, 1.807) is 0 Å². The Hall–Kier alpha value is -0.160. The molecule has 2 atom stereocenters. The minimum atomic E-state index is 0.715. The maximum atomic E-state index is 5.56. The van der Waals surface area contributed by atoms with Crippen LogP contribution in [0.3, 0.4) is 0 Å². The highest BCUT2D eigenvalue weighted by Crippen LogP contribution is 2.23. The van der Waals surface area contributed by atoms with Crippen molar-refractivity contribution >= 4 is 0 Å². The minimum Gasteiger partial charge on any atom is -0.380 e. The molecule has 0 amide bonds. The largest absolute Gasteiger partial charge is 0.380 e. The SMILES string of the molecule is CCCCOCCNCCN1CC2CCCN2CC1C. The van der Waals surface area contributed by atoms with Crippen molar-refractivity contribution in [1.29, 1.82) is 0 Å². The summed E-state index contributed by atoms with van der Waals surface area (Å²) in [7, 11) is 0. The Morgan fingerprint density at radius 1 is 1.20 bits per heavy atom. The van der Waals surface area contributed by atoms with Crippen molar-refractivity contribution in [1.82, 2.24) is 15.1 Å². The van der Waals surface area contributed by atoms with E-state index in [0.717, 1.165) is 32.3 Å². The average Bonchev–Trinajstić information content (AvgIpc) is 2.88. The van der Waals surface area contributed by atoms with Crippen molar-refractivity contribution in [2.75, 3.05) is 52.5 Å². The van der Waals surface area contributed by atoms with Gasteiger partial charge in [0, 0.05) is 51.4 Å². The van der Waals surface area contributed by atoms with E-state index in [-0.39, 0.29) is 0 Å². The van der Waals surface area contributed by atoms with E-state index in [0.29, 0.717) is 6.04 Å². The molecule has 0 aromatic heterocycles. The molecule has 1 N–H and O–H groups in total. The van der Waals surface area contributed by atoms with Crippen molar-refractivity contribution in [3.05, 3.63) is 0 Å². The van der Waals surface area contributed by atoms with Crippen LogP contribution in [0.2, 0.25) is 0 Å². The summed E-state index contributed by atoms with van der Waals surface area (Å²) in [5, 5.41) is 3.51. The average molecular weight is 283 g/mol. The van der Waals surface area contributed by atoms with Crippen LogP contribution in [-0.4, -0.2) is 74.4 Å². The second-order valence-corrected chi connectivity index (χ2v) is 6.35. The Bertz CT molecular complexity index is 262. The zero-order chi connectivity index (χ0) is 14.2. The number of nitrogens with zero attached hydrogens (tertiary/aromatic N) is 2. The third kappa shape index (κ3) is 4.99. The molecule has 4 heteroatoms. The van der Waals surface area contributed by atoms with Crippen LogP contribution >= 0.6 is 0 Å². The molecule has 0 radical (unpaired) electrons. The number of fused-ring (bicyclic) bond motifs is 1. The normalized spacial score (nSPS) is 27.9. The predicted octanol–water partition coefficient (Wildman–Crippen LogP) is 1.56. The van der Waals surface area contributed by atoms with Crippen LogP contribution in [0.4, 0.5) is 0 Å². The molecule has 2 aliphatic rings. The highest BCUT2D eigenvalue weighted by molar-refractivity contribution is 4.90. The minimum absolute atomic E-state index is 0.715. The predicted molar refractivity (Wildman–Crippen MR) is 84.2 cm³/mol. The smallest absolute Gasteiger partial charge is 0.0590 e. The first-order valence-corrected chi connectivity index (χ1v) is 8.57. The van der Waals surface area contributed by atoms with E-state index < -0.39 is 0 Å². The van der Waals surface area contributed by atoms with E-state index in [1.807, 2.05) is 0 Å². The monoisotopic (exact) mass is 283 g/mol. The molecule has 0 saturated carbocycles. The van der Waals surface area contributed by atoms with Crippen molar-refractivity contribution in [2.24, 2.45) is 0 Å². The molecule has 0 aliphatic carbocycles. The second-order valence-electron chi connectivity index (χ2n) is 6.35. The van der Waals surface area contributed by atoms with Gasteiger partial charge in [0.1, 0.15) is 0 Å². The van der Waals surface area contributed by atoms with Gasteiger partial charge in [0.25, 0.3) is 0 Å². The molecule has 0 spiro atoms. The first kappa shape index (κ1) is 16.2. The quantitative estimate of drug-likeness (QED) is 0.650. The van der Waals surface area contributed by atoms with E-state index in [4.69, 9.17) is 4.74 Å². The summed E-state index contributed by atoms with van der Waals surface area (Å²) in [6, 6.07) is 1.55. The fourth-order valence-electron chi connectivity index (χ4n) is 3.40. The zero-order valence-electron chi connectivity index (χ0n) is 13.4. The molecule has 2 aliphatic heterocycles. The van der Waals surface area contributed by atoms with Crippen molar-refractivity contribution in [2.45, 2.75) is 51.6 Å². The van der Waals surface area contributed by atoms with Gasteiger partial charge < -0.3 is 10.1 Å². The molecule has 2 unspecified atom stereocenters. The van der Waals surface area contributed by atoms with E-state index in [1.165, 1.54) is 51.9 Å². The molecular weight excluding hydrogens is 250 g/mol. The molecule has 4 nitrogen and oxygen atoms in total. The number of hydrogen-bond acceptors (Lipinski definition) is 4. The van der Waals surface area contributed by atoms with Gasteiger partial charge in [0.15, 0.2) is 0 Å². The van der Waals surface area contributed by atoms with Gasteiger partial charge in [-0.15, -0.1) is 0 Å². The lowest BCUT2D eigenvalue weighted by Gasteiger charge is -2.42. The summed E-state index contributed by atoms with van der Waals surface area (Å²) in [4.78, 5) is 5.35. The number of ether oxygens (including phenoxy) is 1. The number of rotatable bonds is 9. The maximum Gasteiger partial charge on any atom is 0.0590 e. The number of piperazine rings is 1. The summed E-state index contributed by atoms with van der Waals surface area (Å²) < 4.78 is 5.56. The zero-order valence-corrected chi connectivity index (χ0v) is 13.4. The van der Waals surface area contributed by atoms with Crippen molar-refractivity contribution in [3.63, 3.8) is 0 Å². The molecule has 20 heavy (non-hydrogen) atoms. The van der Waals surface area contributed by atoms with Gasteiger partial charge in [-0.05, 0) is 32.7 Å². The molecular formula is C16H33N3O. The molecule has 2 rings (SSSR count). The third-order valence-corrected chi connectivity index (χ3v) is 4.71. The van der Waals surface area contributed by atoms with Crippen LogP contribution in [0.15, 0.2) is 0 Å². The Balaban J connectivity index is 1.51. The van der Waals surface area contributed by atoms with Gasteiger partial charge >= 0.3 is 0 Å². The van der Waals surface area contributed by atoms with Gasteiger partial charge in [-0.1, -0.05) is 13.3 Å².